The maximum absolute atomic E-state index is 11.9. The summed E-state index contributed by atoms with van der Waals surface area (Å²) in [6.45, 7) is 0. The second-order valence-electron chi connectivity index (χ2n) is 5.27. The molecule has 1 saturated carbocycles. The second-order valence-corrected chi connectivity index (χ2v) is 5.27. The zero-order chi connectivity index (χ0) is 14.2. The minimum atomic E-state index is -0.0424. The molecule has 1 aromatic carbocycles. The highest BCUT2D eigenvalue weighted by Gasteiger charge is 2.12. The van der Waals surface area contributed by atoms with Gasteiger partial charge in [0.15, 0.2) is 0 Å². The summed E-state index contributed by atoms with van der Waals surface area (Å²) in [5.41, 5.74) is 1.48. The van der Waals surface area contributed by atoms with E-state index in [0.29, 0.717) is 11.6 Å². The topological polar surface area (TPSA) is 52.9 Å². The average Bonchev–Trinajstić information content (AvgIpc) is 2.74. The van der Waals surface area contributed by atoms with Crippen molar-refractivity contribution in [1.29, 1.82) is 5.26 Å². The summed E-state index contributed by atoms with van der Waals surface area (Å²) in [5.74, 6) is -0.0424. The molecule has 1 aliphatic rings. The van der Waals surface area contributed by atoms with Gasteiger partial charge in [-0.3, -0.25) is 4.79 Å². The summed E-state index contributed by atoms with van der Waals surface area (Å²) in [6.07, 6.45) is 10.5. The third-order valence-corrected chi connectivity index (χ3v) is 3.64. The molecule has 2 rings (SSSR count). The molecule has 3 heteroatoms. The molecule has 0 heterocycles. The minimum absolute atomic E-state index is 0.0424. The van der Waals surface area contributed by atoms with Crippen LogP contribution < -0.4 is 5.32 Å². The normalized spacial score (nSPS) is 16.6. The first-order valence-corrected chi connectivity index (χ1v) is 7.26. The Balaban J connectivity index is 1.89. The van der Waals surface area contributed by atoms with Crippen molar-refractivity contribution in [3.05, 3.63) is 41.5 Å². The van der Waals surface area contributed by atoms with Crippen LogP contribution >= 0.6 is 0 Å². The number of nitrogens with zero attached hydrogens (tertiary/aromatic N) is 1. The third kappa shape index (κ3) is 4.55. The molecule has 0 unspecified atom stereocenters. The van der Waals surface area contributed by atoms with Crippen LogP contribution in [-0.4, -0.2) is 11.9 Å². The smallest absolute Gasteiger partial charge is 0.244 e. The average molecular weight is 268 g/mol. The maximum atomic E-state index is 11.9. The van der Waals surface area contributed by atoms with E-state index in [4.69, 9.17) is 5.26 Å². The Morgan fingerprint density at radius 1 is 1.25 bits per heavy atom. The van der Waals surface area contributed by atoms with E-state index in [-0.39, 0.29) is 5.91 Å². The lowest BCUT2D eigenvalue weighted by atomic mass is 10.1. The molecule has 1 amide bonds. The zero-order valence-electron chi connectivity index (χ0n) is 11.6. The van der Waals surface area contributed by atoms with Crippen molar-refractivity contribution < 1.29 is 4.79 Å². The van der Waals surface area contributed by atoms with E-state index in [0.717, 1.165) is 18.4 Å². The first-order chi connectivity index (χ1) is 9.78. The standard InChI is InChI=1S/C17H20N2O/c18-13-15-7-5-6-14(12-15)10-11-17(20)19-16-8-3-1-2-4-9-16/h5-7,10-12,16H,1-4,8-9H2,(H,19,20). The highest BCUT2D eigenvalue weighted by Crippen LogP contribution is 2.17. The number of carbonyl (C=O) groups excluding carboxylic acids is 1. The zero-order valence-corrected chi connectivity index (χ0v) is 11.6. The largest absolute Gasteiger partial charge is 0.350 e. The predicted octanol–water partition coefficient (Wildman–Crippen LogP) is 3.41. The van der Waals surface area contributed by atoms with Crippen LogP contribution in [0.5, 0.6) is 0 Å². The van der Waals surface area contributed by atoms with Crippen molar-refractivity contribution in [2.45, 2.75) is 44.6 Å². The highest BCUT2D eigenvalue weighted by atomic mass is 16.1. The number of hydrogen-bond donors (Lipinski definition) is 1. The van der Waals surface area contributed by atoms with Crippen LogP contribution in [0.15, 0.2) is 30.3 Å². The Kier molecular flexibility index (Phi) is 5.37. The van der Waals surface area contributed by atoms with Gasteiger partial charge >= 0.3 is 0 Å². The van der Waals surface area contributed by atoms with Gasteiger partial charge in [0.2, 0.25) is 5.91 Å². The number of carbonyl (C=O) groups is 1. The molecular weight excluding hydrogens is 248 g/mol. The van der Waals surface area contributed by atoms with E-state index in [1.807, 2.05) is 12.1 Å². The van der Waals surface area contributed by atoms with Gasteiger partial charge in [-0.1, -0.05) is 37.8 Å². The predicted molar refractivity (Wildman–Crippen MR) is 79.8 cm³/mol. The van der Waals surface area contributed by atoms with Crippen LogP contribution in [0.1, 0.15) is 49.7 Å². The monoisotopic (exact) mass is 268 g/mol. The Labute approximate surface area is 120 Å². The molecular formula is C17H20N2O. The molecule has 1 N–H and O–H groups in total. The van der Waals surface area contributed by atoms with Crippen molar-refractivity contribution in [3.63, 3.8) is 0 Å². The number of amides is 1. The Morgan fingerprint density at radius 3 is 2.70 bits per heavy atom. The SMILES string of the molecule is N#Cc1cccc(C=CC(=O)NC2CCCCCC2)c1. The minimum Gasteiger partial charge on any atom is -0.350 e. The van der Waals surface area contributed by atoms with E-state index >= 15 is 0 Å². The van der Waals surface area contributed by atoms with Crippen molar-refractivity contribution >= 4 is 12.0 Å². The number of nitrogens with one attached hydrogen (secondary N) is 1. The van der Waals surface area contributed by atoms with Crippen LogP contribution in [0.25, 0.3) is 6.08 Å². The van der Waals surface area contributed by atoms with Crippen molar-refractivity contribution in [1.82, 2.24) is 5.32 Å². The molecule has 1 aliphatic carbocycles. The Bertz CT molecular complexity index is 520. The maximum Gasteiger partial charge on any atom is 0.244 e. The quantitative estimate of drug-likeness (QED) is 0.674. The van der Waals surface area contributed by atoms with Crippen LogP contribution in [0.3, 0.4) is 0 Å². The van der Waals surface area contributed by atoms with Gasteiger partial charge in [-0.05, 0) is 36.6 Å². The highest BCUT2D eigenvalue weighted by molar-refractivity contribution is 5.91. The van der Waals surface area contributed by atoms with E-state index in [9.17, 15) is 4.79 Å². The summed E-state index contributed by atoms with van der Waals surface area (Å²) < 4.78 is 0. The van der Waals surface area contributed by atoms with E-state index in [1.165, 1.54) is 25.7 Å². The van der Waals surface area contributed by atoms with Crippen LogP contribution in [0, 0.1) is 11.3 Å². The summed E-state index contributed by atoms with van der Waals surface area (Å²) in [7, 11) is 0. The number of benzene rings is 1. The summed E-state index contributed by atoms with van der Waals surface area (Å²) in [6, 6.07) is 9.64. The molecule has 1 fully saturated rings. The van der Waals surface area contributed by atoms with Gasteiger partial charge in [-0.25, -0.2) is 0 Å². The lowest BCUT2D eigenvalue weighted by Crippen LogP contribution is -2.33. The number of rotatable bonds is 3. The lowest BCUT2D eigenvalue weighted by Gasteiger charge is -2.14. The fourth-order valence-electron chi connectivity index (χ4n) is 2.56. The van der Waals surface area contributed by atoms with Gasteiger partial charge in [0, 0.05) is 12.1 Å². The molecule has 3 nitrogen and oxygen atoms in total. The van der Waals surface area contributed by atoms with Crippen molar-refractivity contribution in [3.8, 4) is 6.07 Å². The molecule has 0 aromatic heterocycles. The first kappa shape index (κ1) is 14.3. The van der Waals surface area contributed by atoms with Gasteiger partial charge in [0.05, 0.1) is 11.6 Å². The van der Waals surface area contributed by atoms with Crippen molar-refractivity contribution in [2.24, 2.45) is 0 Å². The third-order valence-electron chi connectivity index (χ3n) is 3.64. The van der Waals surface area contributed by atoms with E-state index in [2.05, 4.69) is 11.4 Å². The van der Waals surface area contributed by atoms with E-state index in [1.54, 1.807) is 24.3 Å². The molecule has 0 aliphatic heterocycles. The number of nitriles is 1. The van der Waals surface area contributed by atoms with Crippen LogP contribution in [-0.2, 0) is 4.79 Å². The first-order valence-electron chi connectivity index (χ1n) is 7.26. The fraction of sp³-hybridized carbons (Fsp3) is 0.412. The van der Waals surface area contributed by atoms with Gasteiger partial charge in [0.25, 0.3) is 0 Å². The fourth-order valence-corrected chi connectivity index (χ4v) is 2.56. The molecule has 1 aromatic rings. The summed E-state index contributed by atoms with van der Waals surface area (Å²) in [4.78, 5) is 11.9. The van der Waals surface area contributed by atoms with Crippen molar-refractivity contribution in [2.75, 3.05) is 0 Å². The Hall–Kier alpha value is -2.08. The molecule has 104 valence electrons. The molecule has 0 saturated heterocycles. The number of hydrogen-bond acceptors (Lipinski definition) is 2. The summed E-state index contributed by atoms with van der Waals surface area (Å²) >= 11 is 0. The molecule has 0 atom stereocenters. The van der Waals surface area contributed by atoms with Crippen LogP contribution in [0.2, 0.25) is 0 Å². The van der Waals surface area contributed by atoms with Gasteiger partial charge in [0.1, 0.15) is 0 Å². The van der Waals surface area contributed by atoms with Crippen LogP contribution in [0.4, 0.5) is 0 Å². The Morgan fingerprint density at radius 2 is 2.00 bits per heavy atom. The second kappa shape index (κ2) is 7.49. The molecule has 0 spiro atoms. The molecule has 0 radical (unpaired) electrons. The molecule has 20 heavy (non-hydrogen) atoms. The van der Waals surface area contributed by atoms with E-state index < -0.39 is 0 Å². The molecule has 0 bridgehead atoms. The van der Waals surface area contributed by atoms with Gasteiger partial charge in [-0.2, -0.15) is 5.26 Å². The van der Waals surface area contributed by atoms with Gasteiger partial charge in [-0.15, -0.1) is 0 Å². The van der Waals surface area contributed by atoms with Gasteiger partial charge < -0.3 is 5.32 Å². The lowest BCUT2D eigenvalue weighted by molar-refractivity contribution is -0.117. The summed E-state index contributed by atoms with van der Waals surface area (Å²) in [5, 5.41) is 11.9.